The van der Waals surface area contributed by atoms with Crippen molar-refractivity contribution >= 4 is 38.2 Å². The zero-order chi connectivity index (χ0) is 16.0. The highest BCUT2D eigenvalue weighted by atomic mass is 32.1. The first-order chi connectivity index (χ1) is 11.1. The fourth-order valence-corrected chi connectivity index (χ4v) is 3.94. The van der Waals surface area contributed by atoms with Gasteiger partial charge in [-0.25, -0.2) is 4.79 Å². The second kappa shape index (κ2) is 5.11. The summed E-state index contributed by atoms with van der Waals surface area (Å²) in [6.45, 7) is 0. The lowest BCUT2D eigenvalue weighted by Gasteiger charge is -2.05. The van der Waals surface area contributed by atoms with Crippen LogP contribution in [0.3, 0.4) is 0 Å². The van der Waals surface area contributed by atoms with E-state index in [1.54, 1.807) is 12.1 Å². The molecule has 4 heteroatoms. The van der Waals surface area contributed by atoms with Gasteiger partial charge in [0.1, 0.15) is 10.6 Å². The first-order valence-electron chi connectivity index (χ1n) is 7.11. The second-order valence-corrected chi connectivity index (χ2v) is 6.41. The predicted octanol–water partition coefficient (Wildman–Crippen LogP) is 5.13. The van der Waals surface area contributed by atoms with Crippen molar-refractivity contribution in [3.63, 3.8) is 0 Å². The Kier molecular flexibility index (Phi) is 3.06. The molecular formula is C19H12O3S. The SMILES string of the molecule is O=C(O)c1sc2ccccc2c1-c1ccc2cc(O)ccc2c1. The Morgan fingerprint density at radius 3 is 2.48 bits per heavy atom. The summed E-state index contributed by atoms with van der Waals surface area (Å²) in [5.41, 5.74) is 1.63. The van der Waals surface area contributed by atoms with Crippen molar-refractivity contribution in [2.45, 2.75) is 0 Å². The molecule has 0 aliphatic carbocycles. The summed E-state index contributed by atoms with van der Waals surface area (Å²) in [7, 11) is 0. The van der Waals surface area contributed by atoms with Gasteiger partial charge in [0.05, 0.1) is 0 Å². The number of carboxylic acid groups (broad SMARTS) is 1. The number of thiophene rings is 1. The number of carboxylic acids is 1. The number of phenolic OH excluding ortho intramolecular Hbond substituents is 1. The first kappa shape index (κ1) is 13.8. The lowest BCUT2D eigenvalue weighted by Crippen LogP contribution is -1.94. The minimum Gasteiger partial charge on any atom is -0.508 e. The van der Waals surface area contributed by atoms with Crippen molar-refractivity contribution in [1.29, 1.82) is 0 Å². The molecular weight excluding hydrogens is 308 g/mol. The third kappa shape index (κ3) is 2.24. The maximum absolute atomic E-state index is 11.7. The largest absolute Gasteiger partial charge is 0.508 e. The standard InChI is InChI=1S/C19H12O3S/c20-14-8-7-11-9-13(6-5-12(11)10-14)17-15-3-1-2-4-16(15)23-18(17)19(21)22/h1-10,20H,(H,21,22). The minimum absolute atomic E-state index is 0.220. The topological polar surface area (TPSA) is 57.5 Å². The van der Waals surface area contributed by atoms with Crippen LogP contribution in [0.25, 0.3) is 32.0 Å². The molecule has 0 aliphatic rings. The van der Waals surface area contributed by atoms with Gasteiger partial charge in [-0.1, -0.05) is 36.4 Å². The quantitative estimate of drug-likeness (QED) is 0.538. The molecule has 0 aliphatic heterocycles. The summed E-state index contributed by atoms with van der Waals surface area (Å²) in [6, 6.07) is 18.7. The zero-order valence-corrected chi connectivity index (χ0v) is 12.8. The fraction of sp³-hybridized carbons (Fsp3) is 0. The molecule has 112 valence electrons. The normalized spacial score (nSPS) is 11.1. The number of rotatable bonds is 2. The Hall–Kier alpha value is -2.85. The van der Waals surface area contributed by atoms with E-state index in [9.17, 15) is 15.0 Å². The van der Waals surface area contributed by atoms with Gasteiger partial charge in [0.2, 0.25) is 0 Å². The molecule has 0 unspecified atom stereocenters. The van der Waals surface area contributed by atoms with Crippen LogP contribution in [-0.4, -0.2) is 16.2 Å². The Morgan fingerprint density at radius 1 is 0.913 bits per heavy atom. The van der Waals surface area contributed by atoms with Crippen LogP contribution in [0.5, 0.6) is 5.75 Å². The number of aromatic hydroxyl groups is 1. The molecule has 0 saturated heterocycles. The summed E-state index contributed by atoms with van der Waals surface area (Å²) in [5.74, 6) is -0.690. The van der Waals surface area contributed by atoms with E-state index >= 15 is 0 Å². The van der Waals surface area contributed by atoms with Gasteiger partial charge in [-0.15, -0.1) is 11.3 Å². The Bertz CT molecular complexity index is 1060. The molecule has 1 aromatic heterocycles. The molecule has 4 rings (SSSR count). The number of hydrogen-bond donors (Lipinski definition) is 2. The van der Waals surface area contributed by atoms with Crippen molar-refractivity contribution in [2.75, 3.05) is 0 Å². The van der Waals surface area contributed by atoms with Crippen LogP contribution in [-0.2, 0) is 0 Å². The highest BCUT2D eigenvalue weighted by Crippen LogP contribution is 2.39. The van der Waals surface area contributed by atoms with Crippen LogP contribution in [0.2, 0.25) is 0 Å². The minimum atomic E-state index is -0.910. The van der Waals surface area contributed by atoms with Crippen molar-refractivity contribution in [1.82, 2.24) is 0 Å². The molecule has 0 atom stereocenters. The van der Waals surface area contributed by atoms with Crippen molar-refractivity contribution in [3.05, 3.63) is 65.5 Å². The summed E-state index contributed by atoms with van der Waals surface area (Å²) < 4.78 is 0.964. The number of phenols is 1. The second-order valence-electron chi connectivity index (χ2n) is 5.35. The van der Waals surface area contributed by atoms with Crippen molar-refractivity contribution in [2.24, 2.45) is 0 Å². The maximum Gasteiger partial charge on any atom is 0.346 e. The van der Waals surface area contributed by atoms with Gasteiger partial charge in [-0.2, -0.15) is 0 Å². The summed E-state index contributed by atoms with van der Waals surface area (Å²) >= 11 is 1.30. The van der Waals surface area contributed by atoms with Gasteiger partial charge < -0.3 is 10.2 Å². The van der Waals surface area contributed by atoms with E-state index in [2.05, 4.69) is 0 Å². The molecule has 0 amide bonds. The van der Waals surface area contributed by atoms with Crippen LogP contribution >= 0.6 is 11.3 Å². The Balaban J connectivity index is 2.03. The molecule has 0 spiro atoms. The van der Waals surface area contributed by atoms with E-state index < -0.39 is 5.97 Å². The van der Waals surface area contributed by atoms with Crippen LogP contribution in [0.15, 0.2) is 60.7 Å². The monoisotopic (exact) mass is 320 g/mol. The lowest BCUT2D eigenvalue weighted by atomic mass is 9.98. The third-order valence-corrected chi connectivity index (χ3v) is 5.06. The molecule has 2 N–H and O–H groups in total. The van der Waals surface area contributed by atoms with Crippen LogP contribution < -0.4 is 0 Å². The highest BCUT2D eigenvalue weighted by molar-refractivity contribution is 7.21. The van der Waals surface area contributed by atoms with E-state index in [1.165, 1.54) is 11.3 Å². The van der Waals surface area contributed by atoms with Gasteiger partial charge in [-0.3, -0.25) is 0 Å². The van der Waals surface area contributed by atoms with E-state index in [4.69, 9.17) is 0 Å². The number of fused-ring (bicyclic) bond motifs is 2. The zero-order valence-electron chi connectivity index (χ0n) is 12.0. The number of benzene rings is 3. The maximum atomic E-state index is 11.7. The van der Waals surface area contributed by atoms with Crippen LogP contribution in [0.4, 0.5) is 0 Å². The number of hydrogen-bond acceptors (Lipinski definition) is 3. The van der Waals surface area contributed by atoms with Crippen molar-refractivity contribution in [3.8, 4) is 16.9 Å². The summed E-state index contributed by atoms with van der Waals surface area (Å²) in [4.78, 5) is 12.0. The average Bonchev–Trinajstić information content (AvgIpc) is 2.94. The van der Waals surface area contributed by atoms with Gasteiger partial charge >= 0.3 is 5.97 Å². The van der Waals surface area contributed by atoms with Gasteiger partial charge in [0.25, 0.3) is 0 Å². The third-order valence-electron chi connectivity index (χ3n) is 3.90. The van der Waals surface area contributed by atoms with Crippen molar-refractivity contribution < 1.29 is 15.0 Å². The van der Waals surface area contributed by atoms with Gasteiger partial charge in [0.15, 0.2) is 0 Å². The molecule has 3 aromatic carbocycles. The molecule has 1 heterocycles. The number of aromatic carboxylic acids is 1. The van der Waals surface area contributed by atoms with E-state index in [0.717, 1.165) is 32.0 Å². The van der Waals surface area contributed by atoms with E-state index in [-0.39, 0.29) is 5.75 Å². The van der Waals surface area contributed by atoms with Crippen LogP contribution in [0, 0.1) is 0 Å². The fourth-order valence-electron chi connectivity index (χ4n) is 2.87. The molecule has 0 bridgehead atoms. The summed E-state index contributed by atoms with van der Waals surface area (Å²) in [5, 5.41) is 22.0. The highest BCUT2D eigenvalue weighted by Gasteiger charge is 2.19. The smallest absolute Gasteiger partial charge is 0.346 e. The molecule has 0 fully saturated rings. The first-order valence-corrected chi connectivity index (χ1v) is 7.93. The predicted molar refractivity (Wildman–Crippen MR) is 93.4 cm³/mol. The van der Waals surface area contributed by atoms with E-state index in [1.807, 2.05) is 48.5 Å². The Morgan fingerprint density at radius 2 is 1.65 bits per heavy atom. The van der Waals surface area contributed by atoms with Gasteiger partial charge in [-0.05, 0) is 40.6 Å². The number of carbonyl (C=O) groups is 1. The van der Waals surface area contributed by atoms with Gasteiger partial charge in [0, 0.05) is 15.6 Å². The molecule has 23 heavy (non-hydrogen) atoms. The summed E-state index contributed by atoms with van der Waals surface area (Å²) in [6.07, 6.45) is 0. The van der Waals surface area contributed by atoms with E-state index in [0.29, 0.717) is 4.88 Å². The molecule has 4 aromatic rings. The lowest BCUT2D eigenvalue weighted by molar-refractivity contribution is 0.0703. The molecule has 0 radical (unpaired) electrons. The Labute approximate surface area is 136 Å². The molecule has 0 saturated carbocycles. The average molecular weight is 320 g/mol. The van der Waals surface area contributed by atoms with Crippen LogP contribution in [0.1, 0.15) is 9.67 Å². The molecule has 3 nitrogen and oxygen atoms in total.